The van der Waals surface area contributed by atoms with Gasteiger partial charge in [-0.2, -0.15) is 0 Å². The summed E-state index contributed by atoms with van der Waals surface area (Å²) in [4.78, 5) is 4.47. The highest BCUT2D eigenvalue weighted by Crippen LogP contribution is 2.24. The Kier molecular flexibility index (Phi) is 5.36. The van der Waals surface area contributed by atoms with E-state index >= 15 is 0 Å². The third-order valence-electron chi connectivity index (χ3n) is 3.41. The Balaban J connectivity index is 1.82. The molecule has 0 unspecified atom stereocenters. The average Bonchev–Trinajstić information content (AvgIpc) is 2.40. The lowest BCUT2D eigenvalue weighted by molar-refractivity contribution is 0.422. The molecule has 1 aromatic heterocycles. The minimum atomic E-state index is -3.18. The Hall–Kier alpha value is -0.460. The van der Waals surface area contributed by atoms with E-state index in [0.29, 0.717) is 11.2 Å². The molecular formula is C13H19BrN2O2S. The van der Waals surface area contributed by atoms with Gasteiger partial charge in [-0.1, -0.05) is 15.9 Å². The molecule has 0 saturated heterocycles. The van der Waals surface area contributed by atoms with Gasteiger partial charge in [-0.15, -0.1) is 0 Å². The molecule has 0 radical (unpaired) electrons. The van der Waals surface area contributed by atoms with Gasteiger partial charge in [0.15, 0.2) is 0 Å². The van der Waals surface area contributed by atoms with Crippen LogP contribution in [0.5, 0.6) is 0 Å². The molecule has 1 aliphatic rings. The maximum atomic E-state index is 12.0. The Labute approximate surface area is 123 Å². The second-order valence-corrected chi connectivity index (χ2v) is 8.16. The zero-order valence-corrected chi connectivity index (χ0v) is 13.2. The summed E-state index contributed by atoms with van der Waals surface area (Å²) >= 11 is 3.57. The van der Waals surface area contributed by atoms with Gasteiger partial charge in [0.25, 0.3) is 0 Å². The van der Waals surface area contributed by atoms with Crippen molar-refractivity contribution < 1.29 is 8.42 Å². The van der Waals surface area contributed by atoms with Crippen LogP contribution in [-0.2, 0) is 16.4 Å². The summed E-state index contributed by atoms with van der Waals surface area (Å²) in [6, 6.07) is 3.81. The number of nitrogens with one attached hydrogen (secondary N) is 1. The molecular weight excluding hydrogens is 328 g/mol. The molecule has 0 atom stereocenters. The summed E-state index contributed by atoms with van der Waals surface area (Å²) < 4.78 is 26.9. The summed E-state index contributed by atoms with van der Waals surface area (Å²) in [5.74, 6) is 0.144. The van der Waals surface area contributed by atoms with Gasteiger partial charge < -0.3 is 0 Å². The van der Waals surface area contributed by atoms with Crippen molar-refractivity contribution in [2.75, 3.05) is 5.75 Å². The molecule has 19 heavy (non-hydrogen) atoms. The van der Waals surface area contributed by atoms with Crippen molar-refractivity contribution in [2.24, 2.45) is 0 Å². The lowest BCUT2D eigenvalue weighted by atomic mass is 9.96. The van der Waals surface area contributed by atoms with Crippen molar-refractivity contribution in [3.63, 3.8) is 0 Å². The molecule has 1 aliphatic carbocycles. The van der Waals surface area contributed by atoms with Gasteiger partial charge in [0.1, 0.15) is 0 Å². The second-order valence-electron chi connectivity index (χ2n) is 4.99. The number of nitrogens with zero attached hydrogens (tertiary/aromatic N) is 1. The van der Waals surface area contributed by atoms with Crippen molar-refractivity contribution in [3.05, 3.63) is 30.1 Å². The number of sulfonamides is 1. The monoisotopic (exact) mass is 346 g/mol. The van der Waals surface area contributed by atoms with Crippen molar-refractivity contribution in [1.82, 2.24) is 9.71 Å². The topological polar surface area (TPSA) is 59.1 Å². The van der Waals surface area contributed by atoms with E-state index in [9.17, 15) is 8.42 Å². The van der Waals surface area contributed by atoms with E-state index in [1.165, 1.54) is 0 Å². The SMILES string of the molecule is O=S(=O)(CCc1ccncc1)NC1CCC(Br)CC1. The van der Waals surface area contributed by atoms with Gasteiger partial charge in [-0.3, -0.25) is 4.98 Å². The number of halogens is 1. The van der Waals surface area contributed by atoms with E-state index in [1.807, 2.05) is 12.1 Å². The molecule has 6 heteroatoms. The minimum Gasteiger partial charge on any atom is -0.265 e. The third-order valence-corrected chi connectivity index (χ3v) is 5.76. The lowest BCUT2D eigenvalue weighted by Gasteiger charge is -2.25. The van der Waals surface area contributed by atoms with Crippen LogP contribution < -0.4 is 4.72 Å². The third kappa shape index (κ3) is 5.20. The molecule has 0 spiro atoms. The molecule has 0 bridgehead atoms. The quantitative estimate of drug-likeness (QED) is 0.831. The zero-order valence-electron chi connectivity index (χ0n) is 10.8. The molecule has 1 saturated carbocycles. The van der Waals surface area contributed by atoms with Crippen molar-refractivity contribution in [1.29, 1.82) is 0 Å². The average molecular weight is 347 g/mol. The van der Waals surface area contributed by atoms with E-state index < -0.39 is 10.0 Å². The van der Waals surface area contributed by atoms with Crippen LogP contribution in [0.1, 0.15) is 31.2 Å². The smallest absolute Gasteiger partial charge is 0.212 e. The van der Waals surface area contributed by atoms with Crippen LogP contribution in [0.25, 0.3) is 0 Å². The number of aromatic nitrogens is 1. The zero-order chi connectivity index (χ0) is 13.7. The number of aryl methyl sites for hydroxylation is 1. The minimum absolute atomic E-state index is 0.108. The van der Waals surface area contributed by atoms with Crippen molar-refractivity contribution in [3.8, 4) is 0 Å². The predicted octanol–water partition coefficient (Wildman–Crippen LogP) is 2.25. The van der Waals surface area contributed by atoms with Crippen LogP contribution in [0.4, 0.5) is 0 Å². The Morgan fingerprint density at radius 2 is 1.84 bits per heavy atom. The molecule has 1 aromatic rings. The van der Waals surface area contributed by atoms with Crippen LogP contribution in [0.15, 0.2) is 24.5 Å². The van der Waals surface area contributed by atoms with Gasteiger partial charge in [0.2, 0.25) is 10.0 Å². The maximum Gasteiger partial charge on any atom is 0.212 e. The van der Waals surface area contributed by atoms with Crippen molar-refractivity contribution in [2.45, 2.75) is 43.0 Å². The lowest BCUT2D eigenvalue weighted by Crippen LogP contribution is -2.39. The van der Waals surface area contributed by atoms with Crippen LogP contribution in [0.3, 0.4) is 0 Å². The molecule has 0 amide bonds. The molecule has 1 N–H and O–H groups in total. The molecule has 106 valence electrons. The van der Waals surface area contributed by atoms with Gasteiger partial charge in [0.05, 0.1) is 5.75 Å². The van der Waals surface area contributed by atoms with Crippen LogP contribution >= 0.6 is 15.9 Å². The summed E-state index contributed by atoms with van der Waals surface area (Å²) in [5.41, 5.74) is 1.00. The van der Waals surface area contributed by atoms with Gasteiger partial charge >= 0.3 is 0 Å². The molecule has 1 fully saturated rings. The fourth-order valence-electron chi connectivity index (χ4n) is 2.29. The molecule has 4 nitrogen and oxygen atoms in total. The first-order chi connectivity index (χ1) is 9.05. The van der Waals surface area contributed by atoms with Crippen LogP contribution in [0, 0.1) is 0 Å². The maximum absolute atomic E-state index is 12.0. The standard InChI is InChI=1S/C13H19BrN2O2S/c14-12-1-3-13(4-2-12)16-19(17,18)10-7-11-5-8-15-9-6-11/h5-6,8-9,12-13,16H,1-4,7,10H2. The van der Waals surface area contributed by atoms with E-state index in [0.717, 1.165) is 31.2 Å². The molecule has 0 aromatic carbocycles. The summed E-state index contributed by atoms with van der Waals surface area (Å²) in [6.07, 6.45) is 7.83. The Morgan fingerprint density at radius 3 is 2.47 bits per heavy atom. The largest absolute Gasteiger partial charge is 0.265 e. The first kappa shape index (κ1) is 14.9. The first-order valence-corrected chi connectivity index (χ1v) is 9.15. The van der Waals surface area contributed by atoms with Crippen molar-refractivity contribution >= 4 is 26.0 Å². The Morgan fingerprint density at radius 1 is 1.21 bits per heavy atom. The highest BCUT2D eigenvalue weighted by Gasteiger charge is 2.23. The number of pyridine rings is 1. The summed E-state index contributed by atoms with van der Waals surface area (Å²) in [5, 5.41) is 0. The van der Waals surface area contributed by atoms with E-state index in [-0.39, 0.29) is 11.8 Å². The van der Waals surface area contributed by atoms with E-state index in [4.69, 9.17) is 0 Å². The van der Waals surface area contributed by atoms with Crippen LogP contribution in [-0.4, -0.2) is 30.0 Å². The number of hydrogen-bond donors (Lipinski definition) is 1. The first-order valence-electron chi connectivity index (χ1n) is 6.58. The van der Waals surface area contributed by atoms with Gasteiger partial charge in [-0.05, 0) is 49.8 Å². The molecule has 1 heterocycles. The highest BCUT2D eigenvalue weighted by molar-refractivity contribution is 9.09. The summed E-state index contributed by atoms with van der Waals surface area (Å²) in [7, 11) is -3.18. The van der Waals surface area contributed by atoms with Gasteiger partial charge in [0, 0.05) is 23.3 Å². The fraction of sp³-hybridized carbons (Fsp3) is 0.615. The van der Waals surface area contributed by atoms with Crippen LogP contribution in [0.2, 0.25) is 0 Å². The van der Waals surface area contributed by atoms with E-state index in [1.54, 1.807) is 12.4 Å². The Bertz CT molecular complexity index is 485. The molecule has 0 aliphatic heterocycles. The predicted molar refractivity (Wildman–Crippen MR) is 79.8 cm³/mol. The second kappa shape index (κ2) is 6.81. The van der Waals surface area contributed by atoms with Gasteiger partial charge in [-0.25, -0.2) is 13.1 Å². The fourth-order valence-corrected chi connectivity index (χ4v) is 4.18. The highest BCUT2D eigenvalue weighted by atomic mass is 79.9. The number of alkyl halides is 1. The molecule has 2 rings (SSSR count). The number of rotatable bonds is 5. The number of hydrogen-bond acceptors (Lipinski definition) is 3. The van der Waals surface area contributed by atoms with E-state index in [2.05, 4.69) is 25.6 Å². The normalized spacial score (nSPS) is 24.3. The summed E-state index contributed by atoms with van der Waals surface area (Å²) in [6.45, 7) is 0.